The predicted molar refractivity (Wildman–Crippen MR) is 76.7 cm³/mol. The summed E-state index contributed by atoms with van der Waals surface area (Å²) in [4.78, 5) is 6.69. The second kappa shape index (κ2) is 5.06. The largest absolute Gasteiger partial charge is 0.343 e. The van der Waals surface area contributed by atoms with Crippen molar-refractivity contribution >= 4 is 16.0 Å². The summed E-state index contributed by atoms with van der Waals surface area (Å²) in [6.07, 6.45) is 2.42. The summed E-state index contributed by atoms with van der Waals surface area (Å²) in [6.45, 7) is 3.10. The zero-order chi connectivity index (χ0) is 14.2. The maximum atomic E-state index is 12.2. The predicted octanol–water partition coefficient (Wildman–Crippen LogP) is 0.612. The van der Waals surface area contributed by atoms with Crippen molar-refractivity contribution in [3.05, 3.63) is 29.8 Å². The number of nitrogens with zero attached hydrogens (tertiary/aromatic N) is 2. The molecule has 0 amide bonds. The van der Waals surface area contributed by atoms with E-state index in [4.69, 9.17) is 0 Å². The molecule has 1 heterocycles. The maximum Gasteiger partial charge on any atom is 0.264 e. The van der Waals surface area contributed by atoms with E-state index in [1.165, 1.54) is 12.8 Å². The highest BCUT2D eigenvalue weighted by Gasteiger charge is 2.30. The summed E-state index contributed by atoms with van der Waals surface area (Å²) in [5, 5.41) is 3.01. The number of benzene rings is 1. The van der Waals surface area contributed by atoms with Crippen LogP contribution in [-0.4, -0.2) is 38.7 Å². The zero-order valence-corrected chi connectivity index (χ0v) is 12.2. The number of hydrogen-bond donors (Lipinski definition) is 2. The number of aliphatic imine (C=N–C) groups is 1. The van der Waals surface area contributed by atoms with Gasteiger partial charge < -0.3 is 5.32 Å². The summed E-state index contributed by atoms with van der Waals surface area (Å²) in [7, 11) is -3.56. The number of sulfonamides is 1. The highest BCUT2D eigenvalue weighted by Crippen LogP contribution is 2.26. The fourth-order valence-electron chi connectivity index (χ4n) is 2.10. The molecule has 0 radical (unpaired) electrons. The van der Waals surface area contributed by atoms with Gasteiger partial charge in [0.2, 0.25) is 5.96 Å². The minimum Gasteiger partial charge on any atom is -0.343 e. The molecule has 0 spiro atoms. The van der Waals surface area contributed by atoms with Crippen LogP contribution in [0.1, 0.15) is 18.4 Å². The Kier molecular flexibility index (Phi) is 3.39. The Morgan fingerprint density at radius 2 is 2.00 bits per heavy atom. The van der Waals surface area contributed by atoms with E-state index in [0.29, 0.717) is 25.3 Å². The highest BCUT2D eigenvalue weighted by molar-refractivity contribution is 7.90. The molecule has 6 nitrogen and oxygen atoms in total. The monoisotopic (exact) mass is 294 g/mol. The van der Waals surface area contributed by atoms with Crippen LogP contribution >= 0.6 is 0 Å². The number of aryl methyl sites for hydroxylation is 1. The van der Waals surface area contributed by atoms with Crippen molar-refractivity contribution in [1.82, 2.24) is 14.9 Å². The van der Waals surface area contributed by atoms with Crippen molar-refractivity contribution in [1.29, 1.82) is 0 Å². The molecule has 0 bridgehead atoms. The van der Waals surface area contributed by atoms with Crippen LogP contribution in [0, 0.1) is 6.92 Å². The molecule has 1 saturated carbocycles. The van der Waals surface area contributed by atoms with Crippen molar-refractivity contribution in [3.63, 3.8) is 0 Å². The molecule has 2 aliphatic rings. The van der Waals surface area contributed by atoms with Crippen LogP contribution in [-0.2, 0) is 10.0 Å². The molecule has 1 fully saturated rings. The Bertz CT molecular complexity index is 620. The number of rotatable bonds is 3. The third-order valence-corrected chi connectivity index (χ3v) is 4.84. The van der Waals surface area contributed by atoms with Crippen LogP contribution in [0.15, 0.2) is 34.2 Å². The Morgan fingerprint density at radius 1 is 1.30 bits per heavy atom. The summed E-state index contributed by atoms with van der Waals surface area (Å²) in [5.74, 6) is 0.322. The normalized spacial score (nSPS) is 20.1. The molecule has 0 atom stereocenters. The molecule has 1 aliphatic carbocycles. The molecule has 108 valence electrons. The molecule has 3 rings (SSSR count). The molecule has 0 saturated heterocycles. The minimum absolute atomic E-state index is 0.247. The van der Waals surface area contributed by atoms with Gasteiger partial charge in [-0.15, -0.1) is 0 Å². The standard InChI is InChI=1S/C13H18N4O2S/c1-10-2-6-12(7-3-10)20(18,19)16-13-14-8-17(9-15-13)11-4-5-11/h2-3,6-7,11H,4-5,8-9H2,1H3,(H2,14,15,16). The third-order valence-electron chi connectivity index (χ3n) is 3.49. The van der Waals surface area contributed by atoms with E-state index in [2.05, 4.69) is 19.9 Å². The minimum atomic E-state index is -3.56. The first-order valence-corrected chi connectivity index (χ1v) is 8.15. The molecular weight excluding hydrogens is 276 g/mol. The first kappa shape index (κ1) is 13.4. The summed E-state index contributed by atoms with van der Waals surface area (Å²) < 4.78 is 26.9. The molecule has 20 heavy (non-hydrogen) atoms. The highest BCUT2D eigenvalue weighted by atomic mass is 32.2. The van der Waals surface area contributed by atoms with Gasteiger partial charge in [-0.3, -0.25) is 4.90 Å². The summed E-state index contributed by atoms with van der Waals surface area (Å²) in [6, 6.07) is 7.36. The average Bonchev–Trinajstić information content (AvgIpc) is 3.24. The van der Waals surface area contributed by atoms with Crippen molar-refractivity contribution in [2.75, 3.05) is 13.3 Å². The van der Waals surface area contributed by atoms with Gasteiger partial charge >= 0.3 is 0 Å². The van der Waals surface area contributed by atoms with Crippen molar-refractivity contribution < 1.29 is 8.42 Å². The van der Waals surface area contributed by atoms with Gasteiger partial charge in [-0.2, -0.15) is 0 Å². The molecular formula is C13H18N4O2S. The molecule has 1 aliphatic heterocycles. The first-order valence-electron chi connectivity index (χ1n) is 6.66. The summed E-state index contributed by atoms with van der Waals surface area (Å²) in [5.41, 5.74) is 1.03. The number of guanidine groups is 1. The lowest BCUT2D eigenvalue weighted by Gasteiger charge is -2.26. The van der Waals surface area contributed by atoms with E-state index in [-0.39, 0.29) is 4.90 Å². The zero-order valence-electron chi connectivity index (χ0n) is 11.3. The second-order valence-corrected chi connectivity index (χ2v) is 6.90. The van der Waals surface area contributed by atoms with Gasteiger partial charge in [-0.05, 0) is 31.9 Å². The van der Waals surface area contributed by atoms with Gasteiger partial charge in [-0.25, -0.2) is 18.1 Å². The van der Waals surface area contributed by atoms with Crippen LogP contribution in [0.25, 0.3) is 0 Å². The Morgan fingerprint density at radius 3 is 2.55 bits per heavy atom. The lowest BCUT2D eigenvalue weighted by molar-refractivity contribution is 0.253. The maximum absolute atomic E-state index is 12.2. The molecule has 0 aromatic heterocycles. The topological polar surface area (TPSA) is 73.8 Å². The van der Waals surface area contributed by atoms with Crippen molar-refractivity contribution in [2.24, 2.45) is 4.99 Å². The Balaban J connectivity index is 1.68. The van der Waals surface area contributed by atoms with E-state index < -0.39 is 10.0 Å². The van der Waals surface area contributed by atoms with E-state index in [0.717, 1.165) is 5.56 Å². The Labute approximate surface area is 118 Å². The van der Waals surface area contributed by atoms with Gasteiger partial charge in [-0.1, -0.05) is 17.7 Å². The van der Waals surface area contributed by atoms with Gasteiger partial charge in [0.15, 0.2) is 0 Å². The van der Waals surface area contributed by atoms with Crippen molar-refractivity contribution in [3.8, 4) is 0 Å². The molecule has 1 aromatic carbocycles. The second-order valence-electron chi connectivity index (χ2n) is 5.22. The van der Waals surface area contributed by atoms with Crippen LogP contribution < -0.4 is 10.0 Å². The van der Waals surface area contributed by atoms with Crippen LogP contribution in [0.4, 0.5) is 0 Å². The van der Waals surface area contributed by atoms with E-state index in [1.54, 1.807) is 24.3 Å². The lowest BCUT2D eigenvalue weighted by atomic mass is 10.2. The first-order chi connectivity index (χ1) is 9.54. The smallest absolute Gasteiger partial charge is 0.264 e. The third kappa shape index (κ3) is 2.94. The van der Waals surface area contributed by atoms with Crippen LogP contribution in [0.5, 0.6) is 0 Å². The van der Waals surface area contributed by atoms with Gasteiger partial charge in [0.25, 0.3) is 10.0 Å². The molecule has 2 N–H and O–H groups in total. The number of nitrogens with one attached hydrogen (secondary N) is 2. The number of hydrogen-bond acceptors (Lipinski definition) is 5. The SMILES string of the molecule is Cc1ccc(S(=O)(=O)NC2=NCN(C3CC3)CN2)cc1. The van der Waals surface area contributed by atoms with E-state index in [1.807, 2.05) is 6.92 Å². The average molecular weight is 294 g/mol. The van der Waals surface area contributed by atoms with Crippen LogP contribution in [0.3, 0.4) is 0 Å². The van der Waals surface area contributed by atoms with Crippen LogP contribution in [0.2, 0.25) is 0 Å². The van der Waals surface area contributed by atoms with Gasteiger partial charge in [0.05, 0.1) is 18.2 Å². The van der Waals surface area contributed by atoms with Gasteiger partial charge in [0.1, 0.15) is 0 Å². The fraction of sp³-hybridized carbons (Fsp3) is 0.462. The summed E-state index contributed by atoms with van der Waals surface area (Å²) >= 11 is 0. The molecule has 1 aromatic rings. The van der Waals surface area contributed by atoms with Crippen molar-refractivity contribution in [2.45, 2.75) is 30.7 Å². The lowest BCUT2D eigenvalue weighted by Crippen LogP contribution is -2.50. The van der Waals surface area contributed by atoms with E-state index in [9.17, 15) is 8.42 Å². The molecule has 0 unspecified atom stereocenters. The van der Waals surface area contributed by atoms with E-state index >= 15 is 0 Å². The molecule has 7 heteroatoms. The van der Waals surface area contributed by atoms with Gasteiger partial charge in [0, 0.05) is 6.04 Å². The quantitative estimate of drug-likeness (QED) is 0.857. The fourth-order valence-corrected chi connectivity index (χ4v) is 3.10. The Hall–Kier alpha value is -1.60.